The van der Waals surface area contributed by atoms with Gasteiger partial charge in [-0.25, -0.2) is 0 Å². The zero-order valence-electron chi connectivity index (χ0n) is 11.7. The van der Waals surface area contributed by atoms with Crippen LogP contribution >= 0.6 is 0 Å². The lowest BCUT2D eigenvalue weighted by molar-refractivity contribution is 0.175. The summed E-state index contributed by atoms with van der Waals surface area (Å²) >= 11 is 0. The van der Waals surface area contributed by atoms with Crippen LogP contribution in [-0.4, -0.2) is 51.3 Å². The Morgan fingerprint density at radius 2 is 2.06 bits per heavy atom. The van der Waals surface area contributed by atoms with Gasteiger partial charge >= 0.3 is 0 Å². The highest BCUT2D eigenvalue weighted by atomic mass is 16.5. The standard InChI is InChI=1S/C14H30N2O/c1-16-12-6-4-8-14(16)9-11-15-10-5-3-7-13-17-2/h14-15H,3-13H2,1-2H3. The number of nitrogens with zero attached hydrogens (tertiary/aromatic N) is 1. The second kappa shape index (κ2) is 9.86. The molecule has 0 aromatic rings. The molecule has 0 amide bonds. The molecule has 0 aromatic heterocycles. The zero-order valence-corrected chi connectivity index (χ0v) is 11.7. The first-order valence-corrected chi connectivity index (χ1v) is 7.24. The molecule has 0 aromatic carbocycles. The van der Waals surface area contributed by atoms with Crippen LogP contribution in [0.2, 0.25) is 0 Å². The lowest BCUT2D eigenvalue weighted by atomic mass is 10.0. The van der Waals surface area contributed by atoms with E-state index in [9.17, 15) is 0 Å². The summed E-state index contributed by atoms with van der Waals surface area (Å²) in [5.74, 6) is 0. The first-order valence-electron chi connectivity index (χ1n) is 7.24. The summed E-state index contributed by atoms with van der Waals surface area (Å²) in [4.78, 5) is 2.53. The van der Waals surface area contributed by atoms with Gasteiger partial charge in [0, 0.05) is 19.8 Å². The minimum absolute atomic E-state index is 0.824. The van der Waals surface area contributed by atoms with Crippen molar-refractivity contribution in [3.05, 3.63) is 0 Å². The highest BCUT2D eigenvalue weighted by molar-refractivity contribution is 4.74. The Morgan fingerprint density at radius 3 is 2.82 bits per heavy atom. The maximum absolute atomic E-state index is 5.03. The number of ether oxygens (including phenoxy) is 1. The van der Waals surface area contributed by atoms with E-state index in [2.05, 4.69) is 17.3 Å². The van der Waals surface area contributed by atoms with E-state index < -0.39 is 0 Å². The number of hydrogen-bond donors (Lipinski definition) is 1. The molecule has 0 saturated carbocycles. The van der Waals surface area contributed by atoms with Gasteiger partial charge < -0.3 is 15.0 Å². The van der Waals surface area contributed by atoms with Crippen molar-refractivity contribution in [2.45, 2.75) is 51.0 Å². The molecule has 1 heterocycles. The van der Waals surface area contributed by atoms with Crippen molar-refractivity contribution in [2.24, 2.45) is 0 Å². The summed E-state index contributed by atoms with van der Waals surface area (Å²) in [5, 5.41) is 3.56. The van der Waals surface area contributed by atoms with Gasteiger partial charge in [0.2, 0.25) is 0 Å². The van der Waals surface area contributed by atoms with E-state index in [-0.39, 0.29) is 0 Å². The molecular weight excluding hydrogens is 212 g/mol. The number of rotatable bonds is 9. The van der Waals surface area contributed by atoms with Gasteiger partial charge in [0.05, 0.1) is 0 Å². The molecule has 1 saturated heterocycles. The van der Waals surface area contributed by atoms with Gasteiger partial charge in [0.25, 0.3) is 0 Å². The maximum Gasteiger partial charge on any atom is 0.0462 e. The summed E-state index contributed by atoms with van der Waals surface area (Å²) in [5.41, 5.74) is 0. The Bertz CT molecular complexity index is 176. The van der Waals surface area contributed by atoms with Gasteiger partial charge in [-0.15, -0.1) is 0 Å². The molecule has 0 radical (unpaired) electrons. The molecule has 1 unspecified atom stereocenters. The summed E-state index contributed by atoms with van der Waals surface area (Å²) in [7, 11) is 4.05. The Kier molecular flexibility index (Phi) is 8.67. The van der Waals surface area contributed by atoms with Crippen molar-refractivity contribution in [3.63, 3.8) is 0 Å². The van der Waals surface area contributed by atoms with Crippen molar-refractivity contribution in [1.82, 2.24) is 10.2 Å². The molecule has 1 aliphatic heterocycles. The fourth-order valence-corrected chi connectivity index (χ4v) is 2.58. The van der Waals surface area contributed by atoms with Gasteiger partial charge in [-0.1, -0.05) is 6.42 Å². The van der Waals surface area contributed by atoms with Crippen LogP contribution in [0.1, 0.15) is 44.9 Å². The molecule has 0 bridgehead atoms. The van der Waals surface area contributed by atoms with E-state index in [1.165, 1.54) is 64.6 Å². The van der Waals surface area contributed by atoms with Crippen molar-refractivity contribution in [3.8, 4) is 0 Å². The Morgan fingerprint density at radius 1 is 1.18 bits per heavy atom. The van der Waals surface area contributed by atoms with Gasteiger partial charge in [-0.2, -0.15) is 0 Å². The summed E-state index contributed by atoms with van der Waals surface area (Å²) in [6, 6.07) is 0.824. The fourth-order valence-electron chi connectivity index (χ4n) is 2.58. The third kappa shape index (κ3) is 7.02. The van der Waals surface area contributed by atoms with Crippen LogP contribution in [0.4, 0.5) is 0 Å². The number of hydrogen-bond acceptors (Lipinski definition) is 3. The minimum Gasteiger partial charge on any atom is -0.385 e. The molecule has 3 heteroatoms. The molecule has 1 N–H and O–H groups in total. The highest BCUT2D eigenvalue weighted by Gasteiger charge is 2.17. The number of methoxy groups -OCH3 is 1. The van der Waals surface area contributed by atoms with Crippen molar-refractivity contribution in [1.29, 1.82) is 0 Å². The predicted molar refractivity (Wildman–Crippen MR) is 73.5 cm³/mol. The largest absolute Gasteiger partial charge is 0.385 e. The Balaban J connectivity index is 1.86. The third-order valence-electron chi connectivity index (χ3n) is 3.78. The average molecular weight is 242 g/mol. The Hall–Kier alpha value is -0.120. The smallest absolute Gasteiger partial charge is 0.0462 e. The van der Waals surface area contributed by atoms with E-state index in [0.717, 1.165) is 12.6 Å². The molecule has 1 aliphatic rings. The van der Waals surface area contributed by atoms with Crippen LogP contribution in [0.3, 0.4) is 0 Å². The minimum atomic E-state index is 0.824. The van der Waals surface area contributed by atoms with E-state index in [0.29, 0.717) is 0 Å². The predicted octanol–water partition coefficient (Wildman–Crippen LogP) is 2.27. The number of unbranched alkanes of at least 4 members (excludes halogenated alkanes) is 2. The maximum atomic E-state index is 5.03. The second-order valence-electron chi connectivity index (χ2n) is 5.22. The molecule has 17 heavy (non-hydrogen) atoms. The van der Waals surface area contributed by atoms with E-state index in [1.54, 1.807) is 7.11 Å². The van der Waals surface area contributed by atoms with Crippen molar-refractivity contribution < 1.29 is 4.74 Å². The molecule has 0 aliphatic carbocycles. The van der Waals surface area contributed by atoms with Crippen molar-refractivity contribution in [2.75, 3.05) is 40.4 Å². The van der Waals surface area contributed by atoms with Crippen LogP contribution < -0.4 is 5.32 Å². The topological polar surface area (TPSA) is 24.5 Å². The lowest BCUT2D eigenvalue weighted by Gasteiger charge is -2.32. The first-order chi connectivity index (χ1) is 8.34. The molecule has 102 valence electrons. The van der Waals surface area contributed by atoms with Gasteiger partial charge in [-0.3, -0.25) is 0 Å². The fraction of sp³-hybridized carbons (Fsp3) is 1.00. The van der Waals surface area contributed by atoms with Crippen molar-refractivity contribution >= 4 is 0 Å². The number of piperidine rings is 1. The van der Waals surface area contributed by atoms with E-state index in [4.69, 9.17) is 4.74 Å². The SMILES string of the molecule is COCCCCCNCCC1CCCCN1C. The molecule has 1 rings (SSSR count). The van der Waals surface area contributed by atoms with Crippen LogP contribution in [0.25, 0.3) is 0 Å². The van der Waals surface area contributed by atoms with Gasteiger partial charge in [0.15, 0.2) is 0 Å². The summed E-state index contributed by atoms with van der Waals surface area (Å²) in [6.45, 7) is 4.55. The summed E-state index contributed by atoms with van der Waals surface area (Å²) in [6.07, 6.45) is 9.28. The quantitative estimate of drug-likeness (QED) is 0.628. The average Bonchev–Trinajstić information content (AvgIpc) is 2.35. The second-order valence-corrected chi connectivity index (χ2v) is 5.22. The molecule has 1 atom stereocenters. The van der Waals surface area contributed by atoms with E-state index >= 15 is 0 Å². The van der Waals surface area contributed by atoms with Gasteiger partial charge in [-0.05, 0) is 65.2 Å². The molecular formula is C14H30N2O. The number of likely N-dealkylation sites (tertiary alicyclic amines) is 1. The Labute approximate surface area is 107 Å². The van der Waals surface area contributed by atoms with Crippen LogP contribution in [0.5, 0.6) is 0 Å². The monoisotopic (exact) mass is 242 g/mol. The van der Waals surface area contributed by atoms with Gasteiger partial charge in [0.1, 0.15) is 0 Å². The summed E-state index contributed by atoms with van der Waals surface area (Å²) < 4.78 is 5.03. The normalized spacial score (nSPS) is 21.9. The van der Waals surface area contributed by atoms with Crippen LogP contribution in [0.15, 0.2) is 0 Å². The molecule has 0 spiro atoms. The third-order valence-corrected chi connectivity index (χ3v) is 3.78. The van der Waals surface area contributed by atoms with E-state index in [1.807, 2.05) is 0 Å². The van der Waals surface area contributed by atoms with Crippen LogP contribution in [-0.2, 0) is 4.74 Å². The first kappa shape index (κ1) is 14.9. The zero-order chi connectivity index (χ0) is 12.3. The lowest BCUT2D eigenvalue weighted by Crippen LogP contribution is -2.38. The number of nitrogens with one attached hydrogen (secondary N) is 1. The molecule has 3 nitrogen and oxygen atoms in total. The molecule has 1 fully saturated rings. The van der Waals surface area contributed by atoms with Crippen LogP contribution in [0, 0.1) is 0 Å². The highest BCUT2D eigenvalue weighted by Crippen LogP contribution is 2.16.